The Bertz CT molecular complexity index is 461. The Morgan fingerprint density at radius 1 is 1.40 bits per heavy atom. The quantitative estimate of drug-likeness (QED) is 0.719. The molecule has 0 saturated carbocycles. The number of methoxy groups -OCH3 is 1. The highest BCUT2D eigenvalue weighted by molar-refractivity contribution is 6.31. The average Bonchev–Trinajstić information content (AvgIpc) is 2.43. The van der Waals surface area contributed by atoms with E-state index in [0.29, 0.717) is 29.7 Å². The third kappa shape index (κ3) is 4.71. The fourth-order valence-electron chi connectivity index (χ4n) is 1.61. The predicted molar refractivity (Wildman–Crippen MR) is 80.5 cm³/mol. The van der Waals surface area contributed by atoms with Crippen LogP contribution in [0.2, 0.25) is 5.02 Å². The molecule has 0 radical (unpaired) electrons. The normalized spacial score (nSPS) is 11.2. The molecule has 0 heterocycles. The zero-order valence-corrected chi connectivity index (χ0v) is 13.0. The zero-order chi connectivity index (χ0) is 15.2. The fraction of sp³-hybridized carbons (Fsp3) is 0.467. The zero-order valence-electron chi connectivity index (χ0n) is 12.3. The Hall–Kier alpha value is -1.23. The van der Waals surface area contributed by atoms with Crippen molar-refractivity contribution < 1.29 is 19.9 Å². The van der Waals surface area contributed by atoms with Crippen LogP contribution in [0.15, 0.2) is 24.8 Å². The van der Waals surface area contributed by atoms with Crippen LogP contribution in [-0.2, 0) is 6.54 Å². The number of rotatable bonds is 8. The molecule has 1 rings (SSSR count). The topological polar surface area (TPSA) is 55.3 Å². The molecule has 0 bridgehead atoms. The van der Waals surface area contributed by atoms with Crippen LogP contribution in [0.3, 0.4) is 0 Å². The lowest BCUT2D eigenvalue weighted by atomic mass is 10.1. The molecule has 1 aromatic carbocycles. The van der Waals surface area contributed by atoms with Crippen molar-refractivity contribution >= 4 is 11.6 Å². The number of benzene rings is 1. The van der Waals surface area contributed by atoms with E-state index in [9.17, 15) is 5.11 Å². The minimum Gasteiger partial charge on any atom is -0.493 e. The summed E-state index contributed by atoms with van der Waals surface area (Å²) < 4.78 is 10.8. The number of aliphatic hydroxyl groups is 1. The summed E-state index contributed by atoms with van der Waals surface area (Å²) in [4.78, 5) is 0. The van der Waals surface area contributed by atoms with Crippen LogP contribution in [-0.4, -0.2) is 31.0 Å². The summed E-state index contributed by atoms with van der Waals surface area (Å²) in [5.74, 6) is 1.24. The van der Waals surface area contributed by atoms with Gasteiger partial charge in [-0.1, -0.05) is 24.3 Å². The van der Waals surface area contributed by atoms with Gasteiger partial charge in [0.15, 0.2) is 11.5 Å². The summed E-state index contributed by atoms with van der Waals surface area (Å²) in [6.07, 6.45) is 1.67. The van der Waals surface area contributed by atoms with Gasteiger partial charge in [-0.15, -0.1) is 0 Å². The van der Waals surface area contributed by atoms with Gasteiger partial charge in [-0.2, -0.15) is 0 Å². The molecule has 0 aliphatic rings. The second-order valence-electron chi connectivity index (χ2n) is 5.25. The van der Waals surface area contributed by atoms with Crippen molar-refractivity contribution in [1.29, 1.82) is 0 Å². The Kier molecular flexibility index (Phi) is 6.33. The van der Waals surface area contributed by atoms with E-state index in [-0.39, 0.29) is 12.1 Å². The van der Waals surface area contributed by atoms with E-state index in [0.717, 1.165) is 5.56 Å². The first-order chi connectivity index (χ1) is 9.43. The maximum atomic E-state index is 9.27. The molecular formula is C15H23ClNO3+. The van der Waals surface area contributed by atoms with E-state index in [1.807, 2.05) is 25.2 Å². The van der Waals surface area contributed by atoms with Crippen LogP contribution < -0.4 is 14.8 Å². The molecule has 112 valence electrons. The van der Waals surface area contributed by atoms with Crippen molar-refractivity contribution in [1.82, 2.24) is 0 Å². The van der Waals surface area contributed by atoms with E-state index < -0.39 is 0 Å². The number of aliphatic hydroxyl groups excluding tert-OH is 1. The maximum Gasteiger partial charge on any atom is 0.163 e. The smallest absolute Gasteiger partial charge is 0.163 e. The second-order valence-corrected chi connectivity index (χ2v) is 5.66. The van der Waals surface area contributed by atoms with Gasteiger partial charge < -0.3 is 19.9 Å². The molecule has 4 nitrogen and oxygen atoms in total. The van der Waals surface area contributed by atoms with Crippen molar-refractivity contribution in [2.24, 2.45) is 0 Å². The summed E-state index contributed by atoms with van der Waals surface area (Å²) in [5.41, 5.74) is 0.699. The number of halogens is 1. The molecule has 0 aromatic heterocycles. The highest BCUT2D eigenvalue weighted by Gasteiger charge is 2.21. The van der Waals surface area contributed by atoms with Gasteiger partial charge in [0.25, 0.3) is 0 Å². The molecule has 0 atom stereocenters. The Morgan fingerprint density at radius 3 is 2.65 bits per heavy atom. The molecule has 5 heteroatoms. The molecule has 1 aromatic rings. The van der Waals surface area contributed by atoms with E-state index in [1.54, 1.807) is 19.3 Å². The third-order valence-electron chi connectivity index (χ3n) is 2.97. The Morgan fingerprint density at radius 2 is 2.10 bits per heavy atom. The van der Waals surface area contributed by atoms with Crippen LogP contribution in [0, 0.1) is 0 Å². The van der Waals surface area contributed by atoms with E-state index in [4.69, 9.17) is 21.1 Å². The first-order valence-corrected chi connectivity index (χ1v) is 6.86. The molecule has 0 aliphatic heterocycles. The Labute approximate surface area is 125 Å². The van der Waals surface area contributed by atoms with Gasteiger partial charge in [0.2, 0.25) is 0 Å². The SMILES string of the molecule is C=CCOc1cc(Cl)c(C[NH2+]C(C)(C)CO)cc1OC. The van der Waals surface area contributed by atoms with Crippen LogP contribution in [0.4, 0.5) is 0 Å². The molecule has 0 unspecified atom stereocenters. The summed E-state index contributed by atoms with van der Waals surface area (Å²) >= 11 is 6.27. The maximum absolute atomic E-state index is 9.27. The van der Waals surface area contributed by atoms with Crippen molar-refractivity contribution in [3.05, 3.63) is 35.4 Å². The van der Waals surface area contributed by atoms with Gasteiger partial charge >= 0.3 is 0 Å². The van der Waals surface area contributed by atoms with Crippen molar-refractivity contribution in [3.8, 4) is 11.5 Å². The molecule has 0 aliphatic carbocycles. The molecule has 0 spiro atoms. The molecule has 0 saturated heterocycles. The predicted octanol–water partition coefficient (Wildman–Crippen LogP) is 1.75. The highest BCUT2D eigenvalue weighted by Crippen LogP contribution is 2.33. The van der Waals surface area contributed by atoms with Crippen molar-refractivity contribution in [2.45, 2.75) is 25.9 Å². The third-order valence-corrected chi connectivity index (χ3v) is 3.32. The number of nitrogens with two attached hydrogens (primary N) is 1. The number of quaternary nitrogens is 1. The van der Waals surface area contributed by atoms with Gasteiger partial charge in [0.05, 0.1) is 18.7 Å². The van der Waals surface area contributed by atoms with E-state index in [1.165, 1.54) is 0 Å². The lowest BCUT2D eigenvalue weighted by Gasteiger charge is -2.20. The number of ether oxygens (including phenoxy) is 2. The van der Waals surface area contributed by atoms with Crippen LogP contribution >= 0.6 is 11.6 Å². The molecular weight excluding hydrogens is 278 g/mol. The summed E-state index contributed by atoms with van der Waals surface area (Å²) in [7, 11) is 1.59. The standard InChI is InChI=1S/C15H22ClNO3/c1-5-6-20-14-8-12(16)11(7-13(14)19-4)9-17-15(2,3)10-18/h5,7-8,17-18H,1,6,9-10H2,2-4H3/p+1. The van der Waals surface area contributed by atoms with Crippen LogP contribution in [0.1, 0.15) is 19.4 Å². The molecule has 20 heavy (non-hydrogen) atoms. The highest BCUT2D eigenvalue weighted by atomic mass is 35.5. The lowest BCUT2D eigenvalue weighted by molar-refractivity contribution is -0.736. The minimum atomic E-state index is -0.241. The first-order valence-electron chi connectivity index (χ1n) is 6.49. The van der Waals surface area contributed by atoms with Gasteiger partial charge in [-0.3, -0.25) is 0 Å². The van der Waals surface area contributed by atoms with Gasteiger partial charge in [0.1, 0.15) is 18.7 Å². The summed E-state index contributed by atoms with van der Waals surface area (Å²) in [6.45, 7) is 8.71. The Balaban J connectivity index is 2.90. The monoisotopic (exact) mass is 300 g/mol. The van der Waals surface area contributed by atoms with Gasteiger partial charge in [-0.05, 0) is 19.9 Å². The van der Waals surface area contributed by atoms with Gasteiger partial charge in [0, 0.05) is 11.6 Å². The summed E-state index contributed by atoms with van der Waals surface area (Å²) in [5, 5.41) is 11.9. The second kappa shape index (κ2) is 7.53. The largest absolute Gasteiger partial charge is 0.493 e. The minimum absolute atomic E-state index is 0.0995. The van der Waals surface area contributed by atoms with E-state index in [2.05, 4.69) is 6.58 Å². The van der Waals surface area contributed by atoms with Crippen molar-refractivity contribution in [3.63, 3.8) is 0 Å². The van der Waals surface area contributed by atoms with Crippen molar-refractivity contribution in [2.75, 3.05) is 20.3 Å². The number of hydrogen-bond donors (Lipinski definition) is 2. The van der Waals surface area contributed by atoms with Crippen LogP contribution in [0.25, 0.3) is 0 Å². The van der Waals surface area contributed by atoms with Gasteiger partial charge in [-0.25, -0.2) is 0 Å². The lowest BCUT2D eigenvalue weighted by Crippen LogP contribution is -2.95. The average molecular weight is 301 g/mol. The molecule has 0 fully saturated rings. The van der Waals surface area contributed by atoms with Crippen LogP contribution in [0.5, 0.6) is 11.5 Å². The summed E-state index contributed by atoms with van der Waals surface area (Å²) in [6, 6.07) is 3.61. The fourth-order valence-corrected chi connectivity index (χ4v) is 1.84. The molecule has 0 amide bonds. The number of hydrogen-bond acceptors (Lipinski definition) is 3. The molecule has 3 N–H and O–H groups in total. The first kappa shape index (κ1) is 16.8. The van der Waals surface area contributed by atoms with E-state index >= 15 is 0 Å².